The van der Waals surface area contributed by atoms with Gasteiger partial charge in [0.05, 0.1) is 6.20 Å². The van der Waals surface area contributed by atoms with E-state index in [1.165, 1.54) is 0 Å². The molecular weight excluding hydrogens is 178 g/mol. The predicted octanol–water partition coefficient (Wildman–Crippen LogP) is 1.50. The van der Waals surface area contributed by atoms with Crippen LogP contribution >= 0.6 is 0 Å². The first kappa shape index (κ1) is 8.74. The first-order valence-corrected chi connectivity index (χ1v) is 4.32. The lowest BCUT2D eigenvalue weighted by atomic mass is 10.1. The summed E-state index contributed by atoms with van der Waals surface area (Å²) in [5.74, 6) is 0.763. The summed E-state index contributed by atoms with van der Waals surface area (Å²) in [4.78, 5) is 8.06. The number of imidazole rings is 1. The van der Waals surface area contributed by atoms with Gasteiger partial charge < -0.3 is 9.67 Å². The lowest BCUT2D eigenvalue weighted by Crippen LogP contribution is -1.93. The summed E-state index contributed by atoms with van der Waals surface area (Å²) in [5, 5.41) is 9.23. The summed E-state index contributed by atoms with van der Waals surface area (Å²) in [7, 11) is 1.84. The van der Waals surface area contributed by atoms with Crippen molar-refractivity contribution >= 4 is 0 Å². The van der Waals surface area contributed by atoms with Crippen LogP contribution in [0.25, 0.3) is 11.4 Å². The SMILES string of the molecule is Cc1ccncc1-c1nc(O)cn1C. The van der Waals surface area contributed by atoms with Crippen LogP contribution in [0.2, 0.25) is 0 Å². The Morgan fingerprint density at radius 3 is 2.79 bits per heavy atom. The molecule has 72 valence electrons. The highest BCUT2D eigenvalue weighted by atomic mass is 16.3. The van der Waals surface area contributed by atoms with Gasteiger partial charge in [0.25, 0.3) is 0 Å². The molecule has 2 rings (SSSR count). The van der Waals surface area contributed by atoms with Crippen molar-refractivity contribution in [1.82, 2.24) is 14.5 Å². The number of nitrogens with zero attached hydrogens (tertiary/aromatic N) is 3. The molecule has 0 aliphatic rings. The maximum absolute atomic E-state index is 9.23. The van der Waals surface area contributed by atoms with Gasteiger partial charge in [0.15, 0.2) is 0 Å². The quantitative estimate of drug-likeness (QED) is 0.739. The number of hydrogen-bond acceptors (Lipinski definition) is 3. The van der Waals surface area contributed by atoms with E-state index in [1.54, 1.807) is 23.2 Å². The largest absolute Gasteiger partial charge is 0.492 e. The zero-order valence-electron chi connectivity index (χ0n) is 8.10. The standard InChI is InChI=1S/C10H11N3O/c1-7-3-4-11-5-8(7)10-12-9(14)6-13(10)2/h3-6,14H,1-2H3. The molecule has 0 saturated carbocycles. The molecule has 14 heavy (non-hydrogen) atoms. The molecule has 0 spiro atoms. The molecule has 0 atom stereocenters. The molecule has 0 aliphatic heterocycles. The smallest absolute Gasteiger partial charge is 0.229 e. The molecule has 2 heterocycles. The molecule has 0 unspecified atom stereocenters. The van der Waals surface area contributed by atoms with Crippen LogP contribution in [0, 0.1) is 6.92 Å². The molecular formula is C10H11N3O. The Morgan fingerprint density at radius 2 is 2.21 bits per heavy atom. The summed E-state index contributed by atoms with van der Waals surface area (Å²) in [5.41, 5.74) is 2.03. The van der Waals surface area contributed by atoms with Crippen molar-refractivity contribution in [2.45, 2.75) is 6.92 Å². The zero-order valence-corrected chi connectivity index (χ0v) is 8.10. The number of aromatic nitrogens is 3. The van der Waals surface area contributed by atoms with Crippen LogP contribution in [0.15, 0.2) is 24.7 Å². The molecule has 4 nitrogen and oxygen atoms in total. The molecule has 0 radical (unpaired) electrons. The Bertz CT molecular complexity index is 462. The second-order valence-electron chi connectivity index (χ2n) is 3.22. The van der Waals surface area contributed by atoms with Crippen LogP contribution in [0.3, 0.4) is 0 Å². The fourth-order valence-electron chi connectivity index (χ4n) is 1.40. The summed E-state index contributed by atoms with van der Waals surface area (Å²) in [6, 6.07) is 1.92. The van der Waals surface area contributed by atoms with Gasteiger partial charge in [-0.15, -0.1) is 0 Å². The topological polar surface area (TPSA) is 50.9 Å². The van der Waals surface area contributed by atoms with Crippen molar-refractivity contribution in [2.75, 3.05) is 0 Å². The van der Waals surface area contributed by atoms with Gasteiger partial charge in [-0.25, -0.2) is 0 Å². The van der Waals surface area contributed by atoms with Crippen LogP contribution in [-0.4, -0.2) is 19.6 Å². The van der Waals surface area contributed by atoms with Crippen molar-refractivity contribution < 1.29 is 5.11 Å². The normalized spacial score (nSPS) is 10.4. The van der Waals surface area contributed by atoms with Crippen LogP contribution in [0.4, 0.5) is 0 Å². The maximum atomic E-state index is 9.23. The molecule has 2 aromatic heterocycles. The molecule has 0 bridgehead atoms. The minimum Gasteiger partial charge on any atom is -0.492 e. The number of hydrogen-bond donors (Lipinski definition) is 1. The first-order chi connectivity index (χ1) is 6.68. The fourth-order valence-corrected chi connectivity index (χ4v) is 1.40. The molecule has 0 amide bonds. The van der Waals surface area contributed by atoms with Gasteiger partial charge in [-0.1, -0.05) is 0 Å². The van der Waals surface area contributed by atoms with E-state index >= 15 is 0 Å². The molecule has 0 aliphatic carbocycles. The third-order valence-electron chi connectivity index (χ3n) is 2.14. The number of aryl methyl sites for hydroxylation is 2. The van der Waals surface area contributed by atoms with Gasteiger partial charge in [0, 0.05) is 25.0 Å². The maximum Gasteiger partial charge on any atom is 0.229 e. The minimum atomic E-state index is 0.0331. The monoisotopic (exact) mass is 189 g/mol. The third-order valence-corrected chi connectivity index (χ3v) is 2.14. The van der Waals surface area contributed by atoms with Gasteiger partial charge in [0.1, 0.15) is 5.82 Å². The van der Waals surface area contributed by atoms with Crippen LogP contribution < -0.4 is 0 Å². The van der Waals surface area contributed by atoms with Gasteiger partial charge in [-0.2, -0.15) is 4.98 Å². The van der Waals surface area contributed by atoms with Gasteiger partial charge in [-0.3, -0.25) is 4.98 Å². The van der Waals surface area contributed by atoms with Crippen LogP contribution in [-0.2, 0) is 7.05 Å². The molecule has 0 fully saturated rings. The zero-order chi connectivity index (χ0) is 10.1. The second-order valence-corrected chi connectivity index (χ2v) is 3.22. The highest BCUT2D eigenvalue weighted by molar-refractivity contribution is 5.59. The molecule has 0 saturated heterocycles. The Balaban J connectivity index is 2.60. The lowest BCUT2D eigenvalue weighted by molar-refractivity contribution is 0.456. The lowest BCUT2D eigenvalue weighted by Gasteiger charge is -2.03. The Hall–Kier alpha value is -1.84. The predicted molar refractivity (Wildman–Crippen MR) is 52.8 cm³/mol. The number of pyridine rings is 1. The third kappa shape index (κ3) is 1.35. The molecule has 4 heteroatoms. The fraction of sp³-hybridized carbons (Fsp3) is 0.200. The van der Waals surface area contributed by atoms with Crippen molar-refractivity contribution in [3.63, 3.8) is 0 Å². The number of rotatable bonds is 1. The van der Waals surface area contributed by atoms with E-state index in [0.29, 0.717) is 0 Å². The average molecular weight is 189 g/mol. The second kappa shape index (κ2) is 3.14. The van der Waals surface area contributed by atoms with Crippen molar-refractivity contribution in [3.05, 3.63) is 30.2 Å². The van der Waals surface area contributed by atoms with Crippen molar-refractivity contribution in [1.29, 1.82) is 0 Å². The van der Waals surface area contributed by atoms with Crippen LogP contribution in [0.1, 0.15) is 5.56 Å². The van der Waals surface area contributed by atoms with E-state index in [-0.39, 0.29) is 5.88 Å². The Kier molecular flexibility index (Phi) is 1.96. The average Bonchev–Trinajstić information content (AvgIpc) is 2.46. The summed E-state index contributed by atoms with van der Waals surface area (Å²) in [6.07, 6.45) is 5.06. The molecule has 2 aromatic rings. The summed E-state index contributed by atoms with van der Waals surface area (Å²) >= 11 is 0. The highest BCUT2D eigenvalue weighted by Crippen LogP contribution is 2.22. The van der Waals surface area contributed by atoms with Crippen molar-refractivity contribution in [2.24, 2.45) is 7.05 Å². The van der Waals surface area contributed by atoms with Gasteiger partial charge >= 0.3 is 0 Å². The van der Waals surface area contributed by atoms with E-state index < -0.39 is 0 Å². The summed E-state index contributed by atoms with van der Waals surface area (Å²) in [6.45, 7) is 1.99. The molecule has 0 aromatic carbocycles. The highest BCUT2D eigenvalue weighted by Gasteiger charge is 2.08. The van der Waals surface area contributed by atoms with E-state index in [2.05, 4.69) is 9.97 Å². The van der Waals surface area contributed by atoms with Crippen LogP contribution in [0.5, 0.6) is 5.88 Å². The molecule has 1 N–H and O–H groups in total. The van der Waals surface area contributed by atoms with E-state index in [0.717, 1.165) is 17.0 Å². The van der Waals surface area contributed by atoms with E-state index in [9.17, 15) is 5.11 Å². The van der Waals surface area contributed by atoms with E-state index in [4.69, 9.17) is 0 Å². The Labute approximate surface area is 81.9 Å². The Morgan fingerprint density at radius 1 is 1.43 bits per heavy atom. The number of aromatic hydroxyl groups is 1. The first-order valence-electron chi connectivity index (χ1n) is 4.32. The minimum absolute atomic E-state index is 0.0331. The van der Waals surface area contributed by atoms with Crippen molar-refractivity contribution in [3.8, 4) is 17.3 Å². The van der Waals surface area contributed by atoms with E-state index in [1.807, 2.05) is 20.0 Å². The van der Waals surface area contributed by atoms with Gasteiger partial charge in [-0.05, 0) is 18.6 Å². The summed E-state index contributed by atoms with van der Waals surface area (Å²) < 4.78 is 1.78. The van der Waals surface area contributed by atoms with Gasteiger partial charge in [0.2, 0.25) is 5.88 Å².